The lowest BCUT2D eigenvalue weighted by molar-refractivity contribution is 0.479. The normalized spacial score (nSPS) is 16.1. The molecule has 0 aromatic carbocycles. The topological polar surface area (TPSA) is 94.6 Å². The molecule has 0 aliphatic rings. The molecule has 120 valence electrons. The average Bonchev–Trinajstić information content (AvgIpc) is 2.65. The van der Waals surface area contributed by atoms with Gasteiger partial charge in [-0.1, -0.05) is 0 Å². The molecule has 0 fully saturated rings. The maximum atomic E-state index is 5.70. The third-order valence-corrected chi connectivity index (χ3v) is 2.77. The molecule has 0 aliphatic carbocycles. The van der Waals surface area contributed by atoms with Gasteiger partial charge in [0.2, 0.25) is 6.29 Å². The maximum Gasteiger partial charge on any atom is 0.235 e. The van der Waals surface area contributed by atoms with Crippen LogP contribution in [0.4, 0.5) is 0 Å². The van der Waals surface area contributed by atoms with Gasteiger partial charge in [-0.2, -0.15) is 5.10 Å². The second-order valence-electron chi connectivity index (χ2n) is 5.54. The lowest BCUT2D eigenvalue weighted by Crippen LogP contribution is -2.12. The number of hydrogen-bond acceptors (Lipinski definition) is 5. The zero-order valence-electron chi connectivity index (χ0n) is 14.3. The molecule has 0 radical (unpaired) electrons. The van der Waals surface area contributed by atoms with Crippen molar-refractivity contribution in [2.75, 3.05) is 0 Å². The van der Waals surface area contributed by atoms with Crippen molar-refractivity contribution in [1.29, 1.82) is 0 Å². The van der Waals surface area contributed by atoms with Crippen molar-refractivity contribution in [2.24, 2.45) is 21.5 Å². The molecule has 0 bridgehead atoms. The summed E-state index contributed by atoms with van der Waals surface area (Å²) in [7, 11) is 0. The fourth-order valence-electron chi connectivity index (χ4n) is 2.12. The van der Waals surface area contributed by atoms with Gasteiger partial charge in [-0.25, -0.2) is 14.7 Å². The largest absolute Gasteiger partial charge is 0.402 e. The predicted molar refractivity (Wildman–Crippen MR) is 92.8 cm³/mol. The Morgan fingerprint density at radius 2 is 1.50 bits per heavy atom. The zero-order chi connectivity index (χ0) is 16.9. The van der Waals surface area contributed by atoms with Crippen LogP contribution in [0.3, 0.4) is 0 Å². The highest BCUT2D eigenvalue weighted by Gasteiger charge is 2.12. The molecule has 22 heavy (non-hydrogen) atoms. The molecule has 1 heterocycles. The molecular formula is C16H26N6. The standard InChI is InChI=1S/C16H26N6/c1-10(17)7-12(3)19-16(20-13(4)8-11(2)18)22-15(6)9-14(5)21-22/h7-9,16H,17-18H2,1-6H3. The molecule has 1 rings (SSSR count). The van der Waals surface area contributed by atoms with Crippen molar-refractivity contribution < 1.29 is 0 Å². The molecule has 0 saturated heterocycles. The van der Waals surface area contributed by atoms with Gasteiger partial charge in [0.1, 0.15) is 0 Å². The van der Waals surface area contributed by atoms with Crippen molar-refractivity contribution in [3.05, 3.63) is 41.0 Å². The monoisotopic (exact) mass is 302 g/mol. The number of aliphatic imine (C=N–C) groups is 2. The van der Waals surface area contributed by atoms with Crippen molar-refractivity contribution in [2.45, 2.75) is 47.8 Å². The maximum absolute atomic E-state index is 5.70. The van der Waals surface area contributed by atoms with Crippen LogP contribution in [0, 0.1) is 13.8 Å². The van der Waals surface area contributed by atoms with Crippen molar-refractivity contribution in [3.63, 3.8) is 0 Å². The molecular weight excluding hydrogens is 276 g/mol. The molecule has 0 spiro atoms. The lowest BCUT2D eigenvalue weighted by atomic mass is 10.3. The molecule has 1 aromatic heterocycles. The first-order valence-corrected chi connectivity index (χ1v) is 7.18. The van der Waals surface area contributed by atoms with E-state index in [1.165, 1.54) is 0 Å². The van der Waals surface area contributed by atoms with Gasteiger partial charge >= 0.3 is 0 Å². The number of aryl methyl sites for hydroxylation is 2. The smallest absolute Gasteiger partial charge is 0.235 e. The first-order chi connectivity index (χ1) is 10.2. The minimum absolute atomic E-state index is 0.472. The average molecular weight is 302 g/mol. The van der Waals surface area contributed by atoms with Crippen LogP contribution in [0.25, 0.3) is 0 Å². The molecule has 0 aliphatic heterocycles. The van der Waals surface area contributed by atoms with E-state index in [0.29, 0.717) is 11.4 Å². The van der Waals surface area contributed by atoms with E-state index in [-0.39, 0.29) is 0 Å². The third kappa shape index (κ3) is 5.55. The van der Waals surface area contributed by atoms with Gasteiger partial charge < -0.3 is 11.5 Å². The van der Waals surface area contributed by atoms with Gasteiger partial charge in [0.15, 0.2) is 0 Å². The van der Waals surface area contributed by atoms with Crippen LogP contribution in [0.2, 0.25) is 0 Å². The summed E-state index contributed by atoms with van der Waals surface area (Å²) in [5, 5.41) is 4.47. The van der Waals surface area contributed by atoms with Crippen LogP contribution in [0.5, 0.6) is 0 Å². The summed E-state index contributed by atoms with van der Waals surface area (Å²) in [5.74, 6) is 0. The number of hydrogen-bond donors (Lipinski definition) is 2. The molecule has 0 amide bonds. The van der Waals surface area contributed by atoms with Gasteiger partial charge in [-0.05, 0) is 59.8 Å². The first-order valence-electron chi connectivity index (χ1n) is 7.18. The third-order valence-electron chi connectivity index (χ3n) is 2.77. The summed E-state index contributed by atoms with van der Waals surface area (Å²) < 4.78 is 1.79. The Morgan fingerprint density at radius 1 is 1.05 bits per heavy atom. The van der Waals surface area contributed by atoms with Crippen LogP contribution >= 0.6 is 0 Å². The van der Waals surface area contributed by atoms with E-state index in [1.807, 2.05) is 59.8 Å². The Labute approximate surface area is 132 Å². The second kappa shape index (κ2) is 7.59. The van der Waals surface area contributed by atoms with Crippen LogP contribution in [-0.2, 0) is 0 Å². The molecule has 6 nitrogen and oxygen atoms in total. The number of rotatable bonds is 5. The summed E-state index contributed by atoms with van der Waals surface area (Å²) in [6.07, 6.45) is 3.15. The SMILES string of the molecule is CC(N)=CC(C)=NC(N=C(C)C=C(C)N)n1nc(C)cc1C. The first kappa shape index (κ1) is 17.7. The van der Waals surface area contributed by atoms with E-state index in [9.17, 15) is 0 Å². The molecule has 0 atom stereocenters. The van der Waals surface area contributed by atoms with Crippen LogP contribution < -0.4 is 11.5 Å². The summed E-state index contributed by atoms with van der Waals surface area (Å²) in [4.78, 5) is 9.22. The summed E-state index contributed by atoms with van der Waals surface area (Å²) in [5.41, 5.74) is 16.3. The van der Waals surface area contributed by atoms with Crippen LogP contribution in [0.1, 0.15) is 45.4 Å². The number of allylic oxidation sites excluding steroid dienone is 4. The van der Waals surface area contributed by atoms with E-state index < -0.39 is 6.29 Å². The lowest BCUT2D eigenvalue weighted by Gasteiger charge is -2.12. The van der Waals surface area contributed by atoms with Crippen molar-refractivity contribution >= 4 is 11.4 Å². The summed E-state index contributed by atoms with van der Waals surface area (Å²) >= 11 is 0. The van der Waals surface area contributed by atoms with E-state index in [4.69, 9.17) is 11.5 Å². The van der Waals surface area contributed by atoms with Crippen molar-refractivity contribution in [1.82, 2.24) is 9.78 Å². The number of nitrogens with two attached hydrogens (primary N) is 2. The second-order valence-corrected chi connectivity index (χ2v) is 5.54. The fraction of sp³-hybridized carbons (Fsp3) is 0.438. The highest BCUT2D eigenvalue weighted by molar-refractivity contribution is 5.94. The van der Waals surface area contributed by atoms with Crippen LogP contribution in [0.15, 0.2) is 39.6 Å². The Balaban J connectivity index is 3.31. The number of aromatic nitrogens is 2. The molecule has 1 aromatic rings. The molecule has 0 unspecified atom stereocenters. The van der Waals surface area contributed by atoms with E-state index in [0.717, 1.165) is 22.8 Å². The van der Waals surface area contributed by atoms with Gasteiger partial charge in [0.05, 0.1) is 5.69 Å². The predicted octanol–water partition coefficient (Wildman–Crippen LogP) is 2.60. The summed E-state index contributed by atoms with van der Waals surface area (Å²) in [6, 6.07) is 2.00. The molecule has 0 saturated carbocycles. The van der Waals surface area contributed by atoms with Gasteiger partial charge in [0, 0.05) is 28.5 Å². The fourth-order valence-corrected chi connectivity index (χ4v) is 2.12. The minimum Gasteiger partial charge on any atom is -0.402 e. The van der Waals surface area contributed by atoms with E-state index in [2.05, 4.69) is 15.1 Å². The van der Waals surface area contributed by atoms with E-state index in [1.54, 1.807) is 4.68 Å². The van der Waals surface area contributed by atoms with Gasteiger partial charge in [-0.15, -0.1) is 0 Å². The van der Waals surface area contributed by atoms with Gasteiger partial charge in [0.25, 0.3) is 0 Å². The Morgan fingerprint density at radius 3 is 1.82 bits per heavy atom. The van der Waals surface area contributed by atoms with Gasteiger partial charge in [-0.3, -0.25) is 0 Å². The highest BCUT2D eigenvalue weighted by atomic mass is 15.4. The summed E-state index contributed by atoms with van der Waals surface area (Å²) in [6.45, 7) is 11.4. The van der Waals surface area contributed by atoms with E-state index >= 15 is 0 Å². The van der Waals surface area contributed by atoms with Crippen LogP contribution in [-0.4, -0.2) is 21.2 Å². The molecule has 4 N–H and O–H groups in total. The number of nitrogens with zero attached hydrogens (tertiary/aromatic N) is 4. The zero-order valence-corrected chi connectivity index (χ0v) is 14.3. The Kier molecular flexibility index (Phi) is 6.10. The molecule has 6 heteroatoms. The Hall–Kier alpha value is -2.37. The minimum atomic E-state index is -0.472. The highest BCUT2D eigenvalue weighted by Crippen LogP contribution is 2.16. The van der Waals surface area contributed by atoms with Crippen molar-refractivity contribution in [3.8, 4) is 0 Å². The Bertz CT molecular complexity index is 604. The quantitative estimate of drug-likeness (QED) is 0.818.